The van der Waals surface area contributed by atoms with Crippen LogP contribution in [0.1, 0.15) is 25.0 Å². The first-order valence-electron chi connectivity index (χ1n) is 18.5. The molecule has 1 aliphatic rings. The van der Waals surface area contributed by atoms with Crippen LogP contribution in [-0.2, 0) is 5.41 Å². The number of fused-ring (bicyclic) bond motifs is 9. The van der Waals surface area contributed by atoms with E-state index in [0.717, 1.165) is 5.69 Å². The Balaban J connectivity index is 1.21. The van der Waals surface area contributed by atoms with E-state index >= 15 is 0 Å². The Bertz CT molecular complexity index is 3010. The molecule has 0 bridgehead atoms. The molecular formula is C51H36N2. The second-order valence-electron chi connectivity index (χ2n) is 15.0. The summed E-state index contributed by atoms with van der Waals surface area (Å²) in [5.41, 5.74) is 17.3. The van der Waals surface area contributed by atoms with E-state index in [1.165, 1.54) is 93.8 Å². The first kappa shape index (κ1) is 30.0. The minimum atomic E-state index is -0.0827. The number of aromatic nitrogens is 2. The van der Waals surface area contributed by atoms with Gasteiger partial charge in [-0.1, -0.05) is 141 Å². The molecule has 1 aliphatic carbocycles. The summed E-state index contributed by atoms with van der Waals surface area (Å²) in [6.45, 7) is 4.73. The van der Waals surface area contributed by atoms with Crippen molar-refractivity contribution in [1.82, 2.24) is 9.13 Å². The Kier molecular flexibility index (Phi) is 6.33. The van der Waals surface area contributed by atoms with Gasteiger partial charge in [0.15, 0.2) is 0 Å². The summed E-state index contributed by atoms with van der Waals surface area (Å²) in [5.74, 6) is 0. The SMILES string of the molecule is CC1(C)c2ccccc2-c2ccc(-n3c4ccccc4c4cc5c6ccccc6n(-c6cc(-c7ccccc7)cc(-c7ccccc7)c6)c5cc43)cc21. The minimum absolute atomic E-state index is 0.0827. The number of benzene rings is 8. The van der Waals surface area contributed by atoms with Crippen molar-refractivity contribution in [3.63, 3.8) is 0 Å². The van der Waals surface area contributed by atoms with Crippen molar-refractivity contribution in [2.24, 2.45) is 0 Å². The summed E-state index contributed by atoms with van der Waals surface area (Å²) in [5, 5.41) is 5.04. The van der Waals surface area contributed by atoms with Crippen LogP contribution in [0, 0.1) is 0 Å². The largest absolute Gasteiger partial charge is 0.309 e. The van der Waals surface area contributed by atoms with E-state index in [1.54, 1.807) is 0 Å². The summed E-state index contributed by atoms with van der Waals surface area (Å²) in [4.78, 5) is 0. The van der Waals surface area contributed by atoms with Gasteiger partial charge in [0.25, 0.3) is 0 Å². The molecule has 0 N–H and O–H groups in total. The van der Waals surface area contributed by atoms with Gasteiger partial charge in [-0.05, 0) is 99.1 Å². The van der Waals surface area contributed by atoms with Crippen LogP contribution < -0.4 is 0 Å². The summed E-state index contributed by atoms with van der Waals surface area (Å²) in [6, 6.07) is 67.2. The molecule has 53 heavy (non-hydrogen) atoms. The van der Waals surface area contributed by atoms with Crippen LogP contribution in [-0.4, -0.2) is 9.13 Å². The lowest BCUT2D eigenvalue weighted by Gasteiger charge is -2.22. The van der Waals surface area contributed by atoms with Crippen molar-refractivity contribution in [3.05, 3.63) is 193 Å². The Hall–Kier alpha value is -6.64. The fraction of sp³-hybridized carbons (Fsp3) is 0.0588. The zero-order valence-electron chi connectivity index (χ0n) is 29.7. The Labute approximate surface area is 308 Å². The zero-order chi connectivity index (χ0) is 35.3. The second-order valence-corrected chi connectivity index (χ2v) is 15.0. The van der Waals surface area contributed by atoms with Crippen LogP contribution in [0.15, 0.2) is 182 Å². The van der Waals surface area contributed by atoms with E-state index in [2.05, 4.69) is 205 Å². The summed E-state index contributed by atoms with van der Waals surface area (Å²) in [6.07, 6.45) is 0. The number of hydrogen-bond acceptors (Lipinski definition) is 0. The van der Waals surface area contributed by atoms with Gasteiger partial charge >= 0.3 is 0 Å². The van der Waals surface area contributed by atoms with Gasteiger partial charge in [-0.3, -0.25) is 0 Å². The number of hydrogen-bond donors (Lipinski definition) is 0. The second kappa shape index (κ2) is 11.2. The van der Waals surface area contributed by atoms with Crippen molar-refractivity contribution in [3.8, 4) is 44.8 Å². The fourth-order valence-electron chi connectivity index (χ4n) is 9.15. The molecule has 0 unspecified atom stereocenters. The van der Waals surface area contributed by atoms with Crippen LogP contribution in [0.25, 0.3) is 88.4 Å². The van der Waals surface area contributed by atoms with Gasteiger partial charge < -0.3 is 9.13 Å². The predicted octanol–water partition coefficient (Wildman–Crippen LogP) is 13.5. The van der Waals surface area contributed by atoms with E-state index in [1.807, 2.05) is 0 Å². The van der Waals surface area contributed by atoms with E-state index in [4.69, 9.17) is 0 Å². The third kappa shape index (κ3) is 4.39. The maximum absolute atomic E-state index is 2.49. The highest BCUT2D eigenvalue weighted by atomic mass is 15.0. The van der Waals surface area contributed by atoms with Crippen LogP contribution in [0.5, 0.6) is 0 Å². The lowest BCUT2D eigenvalue weighted by molar-refractivity contribution is 0.660. The van der Waals surface area contributed by atoms with Gasteiger partial charge in [-0.15, -0.1) is 0 Å². The normalized spacial score (nSPS) is 13.2. The average molecular weight is 677 g/mol. The fourth-order valence-corrected chi connectivity index (χ4v) is 9.15. The maximum atomic E-state index is 2.49. The maximum Gasteiger partial charge on any atom is 0.0562 e. The highest BCUT2D eigenvalue weighted by Crippen LogP contribution is 2.50. The average Bonchev–Trinajstić information content (AvgIpc) is 3.80. The van der Waals surface area contributed by atoms with Gasteiger partial charge in [0.2, 0.25) is 0 Å². The molecule has 0 saturated carbocycles. The van der Waals surface area contributed by atoms with E-state index in [-0.39, 0.29) is 5.41 Å². The molecule has 2 heteroatoms. The van der Waals surface area contributed by atoms with Crippen LogP contribution in [0.2, 0.25) is 0 Å². The molecule has 0 amide bonds. The first-order valence-corrected chi connectivity index (χ1v) is 18.5. The highest BCUT2D eigenvalue weighted by molar-refractivity contribution is 6.19. The van der Waals surface area contributed by atoms with Crippen molar-refractivity contribution in [1.29, 1.82) is 0 Å². The topological polar surface area (TPSA) is 9.86 Å². The minimum Gasteiger partial charge on any atom is -0.309 e. The number of rotatable bonds is 4. The zero-order valence-corrected chi connectivity index (χ0v) is 29.7. The quantitative estimate of drug-likeness (QED) is 0.176. The number of nitrogens with zero attached hydrogens (tertiary/aromatic N) is 2. The van der Waals surface area contributed by atoms with Crippen molar-refractivity contribution < 1.29 is 0 Å². The third-order valence-corrected chi connectivity index (χ3v) is 11.7. The van der Waals surface area contributed by atoms with Crippen molar-refractivity contribution >= 4 is 43.6 Å². The molecule has 0 aliphatic heterocycles. The van der Waals surface area contributed by atoms with Crippen molar-refractivity contribution in [2.75, 3.05) is 0 Å². The van der Waals surface area contributed by atoms with Gasteiger partial charge in [-0.2, -0.15) is 0 Å². The Morgan fingerprint density at radius 1 is 0.321 bits per heavy atom. The van der Waals surface area contributed by atoms with Crippen LogP contribution in [0.3, 0.4) is 0 Å². The first-order chi connectivity index (χ1) is 26.0. The molecule has 0 fully saturated rings. The Morgan fingerprint density at radius 2 is 0.830 bits per heavy atom. The number of para-hydroxylation sites is 2. The summed E-state index contributed by atoms with van der Waals surface area (Å²) < 4.78 is 4.97. The summed E-state index contributed by atoms with van der Waals surface area (Å²) >= 11 is 0. The standard InChI is InChI=1S/C51H36N2/c1-51(2)45-22-12-9-19-39(45)40-26-25-37(30-46(40)51)52-47-23-13-10-20-41(47)43-31-44-42-21-11-14-24-48(42)53(50(44)32-49(43)52)38-28-35(33-15-5-3-6-16-33)27-36(29-38)34-17-7-4-8-18-34/h3-32H,1-2H3. The molecule has 0 atom stereocenters. The molecule has 2 aromatic heterocycles. The predicted molar refractivity (Wildman–Crippen MR) is 224 cm³/mol. The molecule has 0 spiro atoms. The lowest BCUT2D eigenvalue weighted by Crippen LogP contribution is -2.15. The van der Waals surface area contributed by atoms with Gasteiger partial charge in [0, 0.05) is 38.3 Å². The molecule has 11 rings (SSSR count). The van der Waals surface area contributed by atoms with Crippen molar-refractivity contribution in [2.45, 2.75) is 19.3 Å². The molecule has 2 heterocycles. The monoisotopic (exact) mass is 676 g/mol. The van der Waals surface area contributed by atoms with E-state index < -0.39 is 0 Å². The van der Waals surface area contributed by atoms with Gasteiger partial charge in [0.1, 0.15) is 0 Å². The van der Waals surface area contributed by atoms with E-state index in [9.17, 15) is 0 Å². The van der Waals surface area contributed by atoms with Crippen LogP contribution in [0.4, 0.5) is 0 Å². The highest BCUT2D eigenvalue weighted by Gasteiger charge is 2.35. The molecular weight excluding hydrogens is 641 g/mol. The molecule has 10 aromatic rings. The third-order valence-electron chi connectivity index (χ3n) is 11.7. The molecule has 8 aromatic carbocycles. The Morgan fingerprint density at radius 3 is 1.45 bits per heavy atom. The van der Waals surface area contributed by atoms with Crippen LogP contribution >= 0.6 is 0 Å². The molecule has 250 valence electrons. The molecule has 0 radical (unpaired) electrons. The molecule has 0 saturated heterocycles. The lowest BCUT2D eigenvalue weighted by atomic mass is 9.82. The van der Waals surface area contributed by atoms with E-state index in [0.29, 0.717) is 0 Å². The smallest absolute Gasteiger partial charge is 0.0562 e. The van der Waals surface area contributed by atoms with Gasteiger partial charge in [0.05, 0.1) is 22.1 Å². The summed E-state index contributed by atoms with van der Waals surface area (Å²) in [7, 11) is 0. The molecule has 2 nitrogen and oxygen atoms in total. The van der Waals surface area contributed by atoms with Gasteiger partial charge in [-0.25, -0.2) is 0 Å².